The smallest absolute Gasteiger partial charge is 0.146 e. The number of halogens is 1. The number of hydrogen-bond donors (Lipinski definition) is 1. The summed E-state index contributed by atoms with van der Waals surface area (Å²) in [4.78, 5) is 25.1. The number of ketones is 2. The van der Waals surface area contributed by atoms with Gasteiger partial charge in [0.15, 0.2) is 0 Å². The van der Waals surface area contributed by atoms with Gasteiger partial charge in [0, 0.05) is 38.0 Å². The molecule has 128 valence electrons. The lowest BCUT2D eigenvalue weighted by atomic mass is 9.70. The van der Waals surface area contributed by atoms with Crippen molar-refractivity contribution in [2.45, 2.75) is 38.2 Å². The van der Waals surface area contributed by atoms with E-state index in [0.29, 0.717) is 18.8 Å². The molecule has 1 N–H and O–H groups in total. The highest BCUT2D eigenvalue weighted by Gasteiger charge is 2.42. The van der Waals surface area contributed by atoms with Crippen molar-refractivity contribution in [3.05, 3.63) is 11.6 Å². The van der Waals surface area contributed by atoms with E-state index in [2.05, 4.69) is 0 Å². The van der Waals surface area contributed by atoms with Crippen LogP contribution in [0.2, 0.25) is 0 Å². The minimum atomic E-state index is -0.739. The first-order valence-corrected chi connectivity index (χ1v) is 8.60. The summed E-state index contributed by atoms with van der Waals surface area (Å²) in [6, 6.07) is 0. The number of nitrogens with one attached hydrogen (secondary N) is 1. The molecular weight excluding hydrogens is 318 g/mol. The summed E-state index contributed by atoms with van der Waals surface area (Å²) >= 11 is 5.46. The summed E-state index contributed by atoms with van der Waals surface area (Å²) in [7, 11) is 0. The zero-order valence-electron chi connectivity index (χ0n) is 13.2. The minimum Gasteiger partial charge on any atom is -0.381 e. The molecule has 2 aliphatic rings. The second-order valence-corrected chi connectivity index (χ2v) is 6.45. The highest BCUT2D eigenvalue weighted by atomic mass is 35.5. The average molecular weight is 342 g/mol. The second-order valence-electron chi connectivity index (χ2n) is 6.20. The van der Waals surface area contributed by atoms with E-state index in [1.54, 1.807) is 6.08 Å². The molecule has 1 heterocycles. The maximum absolute atomic E-state index is 12.6. The van der Waals surface area contributed by atoms with Gasteiger partial charge < -0.3 is 14.9 Å². The third-order valence-electron chi connectivity index (χ3n) is 4.77. The highest BCUT2D eigenvalue weighted by Crippen LogP contribution is 2.36. The van der Waals surface area contributed by atoms with Gasteiger partial charge in [0.2, 0.25) is 0 Å². The highest BCUT2D eigenvalue weighted by molar-refractivity contribution is 6.25. The largest absolute Gasteiger partial charge is 0.381 e. The number of carbonyl (C=O) groups excluding carboxylic acids is 2. The molecule has 0 aromatic rings. The lowest BCUT2D eigenvalue weighted by Crippen LogP contribution is -2.44. The Hall–Kier alpha value is -1.04. The van der Waals surface area contributed by atoms with Crippen LogP contribution in [0.5, 0.6) is 0 Å². The van der Waals surface area contributed by atoms with E-state index in [0.717, 1.165) is 26.1 Å². The SMILES string of the molecule is N=CCC(OCC=CCl)C1C(=O)CC(C2CCOCC2)CC1=O. The molecule has 0 radical (unpaired) electrons. The summed E-state index contributed by atoms with van der Waals surface area (Å²) in [5.74, 6) is -0.285. The van der Waals surface area contributed by atoms with Crippen molar-refractivity contribution < 1.29 is 19.1 Å². The van der Waals surface area contributed by atoms with Crippen LogP contribution in [0.15, 0.2) is 11.6 Å². The van der Waals surface area contributed by atoms with Crippen molar-refractivity contribution in [2.24, 2.45) is 17.8 Å². The van der Waals surface area contributed by atoms with Gasteiger partial charge >= 0.3 is 0 Å². The fraction of sp³-hybridized carbons (Fsp3) is 0.706. The molecule has 0 aromatic carbocycles. The van der Waals surface area contributed by atoms with Crippen LogP contribution in [0.1, 0.15) is 32.1 Å². The molecule has 23 heavy (non-hydrogen) atoms. The van der Waals surface area contributed by atoms with Crippen LogP contribution in [0, 0.1) is 23.2 Å². The van der Waals surface area contributed by atoms with Crippen molar-refractivity contribution in [3.63, 3.8) is 0 Å². The summed E-state index contributed by atoms with van der Waals surface area (Å²) in [6.07, 6.45) is 5.24. The molecule has 1 unspecified atom stereocenters. The minimum absolute atomic E-state index is 0.0422. The molecule has 0 amide bonds. The molecule has 1 aliphatic heterocycles. The Morgan fingerprint density at radius 1 is 1.22 bits per heavy atom. The van der Waals surface area contributed by atoms with Crippen LogP contribution in [0.4, 0.5) is 0 Å². The molecule has 2 rings (SSSR count). The summed E-state index contributed by atoms with van der Waals surface area (Å²) < 4.78 is 11.0. The van der Waals surface area contributed by atoms with Crippen molar-refractivity contribution in [2.75, 3.05) is 19.8 Å². The van der Waals surface area contributed by atoms with E-state index in [9.17, 15) is 9.59 Å². The van der Waals surface area contributed by atoms with E-state index in [-0.39, 0.29) is 30.5 Å². The van der Waals surface area contributed by atoms with Crippen molar-refractivity contribution in [3.8, 4) is 0 Å². The van der Waals surface area contributed by atoms with E-state index >= 15 is 0 Å². The van der Waals surface area contributed by atoms with Crippen molar-refractivity contribution in [1.82, 2.24) is 0 Å². The van der Waals surface area contributed by atoms with E-state index in [1.165, 1.54) is 11.7 Å². The lowest BCUT2D eigenvalue weighted by Gasteiger charge is -2.36. The summed E-state index contributed by atoms with van der Waals surface area (Å²) in [6.45, 7) is 1.68. The number of carbonyl (C=O) groups is 2. The molecule has 1 saturated carbocycles. The van der Waals surface area contributed by atoms with Gasteiger partial charge in [-0.2, -0.15) is 0 Å². The van der Waals surface area contributed by atoms with Gasteiger partial charge in [-0.25, -0.2) is 0 Å². The Morgan fingerprint density at radius 3 is 2.43 bits per heavy atom. The molecule has 5 nitrogen and oxygen atoms in total. The average Bonchev–Trinajstić information content (AvgIpc) is 2.55. The molecule has 0 aromatic heterocycles. The van der Waals surface area contributed by atoms with Crippen LogP contribution >= 0.6 is 11.6 Å². The van der Waals surface area contributed by atoms with Gasteiger partial charge in [0.05, 0.1) is 12.7 Å². The van der Waals surface area contributed by atoms with Crippen LogP contribution < -0.4 is 0 Å². The number of rotatable bonds is 7. The number of Topliss-reactive ketones (excluding diaryl/α,β-unsaturated/α-hetero) is 2. The fourth-order valence-corrected chi connectivity index (χ4v) is 3.66. The first-order chi connectivity index (χ1) is 11.2. The van der Waals surface area contributed by atoms with Gasteiger partial charge in [-0.3, -0.25) is 9.59 Å². The molecule has 2 fully saturated rings. The number of hydrogen-bond acceptors (Lipinski definition) is 5. The molecule has 1 aliphatic carbocycles. The van der Waals surface area contributed by atoms with Gasteiger partial charge in [-0.05, 0) is 37.0 Å². The first-order valence-electron chi connectivity index (χ1n) is 8.16. The predicted octanol–water partition coefficient (Wildman–Crippen LogP) is 2.75. The molecule has 6 heteroatoms. The zero-order valence-corrected chi connectivity index (χ0v) is 14.0. The third kappa shape index (κ3) is 4.96. The van der Waals surface area contributed by atoms with Crippen molar-refractivity contribution in [1.29, 1.82) is 5.41 Å². The van der Waals surface area contributed by atoms with Crippen LogP contribution in [-0.2, 0) is 19.1 Å². The predicted molar refractivity (Wildman–Crippen MR) is 87.9 cm³/mol. The van der Waals surface area contributed by atoms with E-state index in [1.807, 2.05) is 0 Å². The van der Waals surface area contributed by atoms with E-state index < -0.39 is 12.0 Å². The Morgan fingerprint density at radius 2 is 1.87 bits per heavy atom. The first kappa shape index (κ1) is 18.3. The Kier molecular flexibility index (Phi) is 7.40. The van der Waals surface area contributed by atoms with Crippen LogP contribution in [-0.4, -0.2) is 43.7 Å². The maximum Gasteiger partial charge on any atom is 0.146 e. The molecule has 1 saturated heterocycles. The lowest BCUT2D eigenvalue weighted by molar-refractivity contribution is -0.145. The Bertz CT molecular complexity index is 442. The van der Waals surface area contributed by atoms with Crippen molar-refractivity contribution >= 4 is 29.4 Å². The molecule has 0 bridgehead atoms. The van der Waals surface area contributed by atoms with Gasteiger partial charge in [-0.15, -0.1) is 0 Å². The topological polar surface area (TPSA) is 76.4 Å². The Labute approximate surface area is 141 Å². The third-order valence-corrected chi connectivity index (χ3v) is 4.95. The zero-order chi connectivity index (χ0) is 16.7. The fourth-order valence-electron chi connectivity index (χ4n) is 3.59. The molecule has 1 atom stereocenters. The van der Waals surface area contributed by atoms with Gasteiger partial charge in [0.1, 0.15) is 17.5 Å². The maximum atomic E-state index is 12.6. The summed E-state index contributed by atoms with van der Waals surface area (Å²) in [5, 5.41) is 7.28. The Balaban J connectivity index is 2.00. The molecular formula is C17H24ClNO4. The number of ether oxygens (including phenoxy) is 2. The van der Waals surface area contributed by atoms with Gasteiger partial charge in [-0.1, -0.05) is 11.6 Å². The van der Waals surface area contributed by atoms with Crippen LogP contribution in [0.3, 0.4) is 0 Å². The normalized spacial score (nSPS) is 28.2. The standard InChI is InChI=1S/C17H24ClNO4/c18-5-1-7-23-16(2-6-19)17-14(20)10-13(11-15(17)21)12-3-8-22-9-4-12/h1,5-6,12-13,16-17,19H,2-4,7-11H2. The summed E-state index contributed by atoms with van der Waals surface area (Å²) in [5.41, 5.74) is 1.34. The monoisotopic (exact) mass is 341 g/mol. The quantitative estimate of drug-likeness (QED) is 0.570. The molecule has 0 spiro atoms. The van der Waals surface area contributed by atoms with E-state index in [4.69, 9.17) is 26.5 Å². The second kappa shape index (κ2) is 9.30. The van der Waals surface area contributed by atoms with Gasteiger partial charge in [0.25, 0.3) is 0 Å². The van der Waals surface area contributed by atoms with Crippen LogP contribution in [0.25, 0.3) is 0 Å².